The van der Waals surface area contributed by atoms with Crippen LogP contribution in [0.25, 0.3) is 0 Å². The molecule has 2 atom stereocenters. The van der Waals surface area contributed by atoms with Gasteiger partial charge < -0.3 is 5.32 Å². The first kappa shape index (κ1) is 14.5. The van der Waals surface area contributed by atoms with E-state index in [0.717, 1.165) is 25.3 Å². The van der Waals surface area contributed by atoms with Gasteiger partial charge in [0.2, 0.25) is 5.91 Å². The standard InChI is InChI=1S/C16H21N3O/c1-12-6-7-19(13(2)8-12)11-16(20)18-15-5-3-4-14(9-15)10-17/h3-5,9,12-13H,6-8,11H2,1-2H3,(H,18,20). The van der Waals surface area contributed by atoms with E-state index in [4.69, 9.17) is 5.26 Å². The van der Waals surface area contributed by atoms with Crippen LogP contribution in [0.2, 0.25) is 0 Å². The molecule has 0 saturated carbocycles. The van der Waals surface area contributed by atoms with Crippen molar-refractivity contribution >= 4 is 11.6 Å². The third-order valence-electron chi connectivity index (χ3n) is 3.90. The molecule has 1 fully saturated rings. The number of carbonyl (C=O) groups is 1. The first-order valence-corrected chi connectivity index (χ1v) is 7.12. The fourth-order valence-corrected chi connectivity index (χ4v) is 2.74. The number of piperidine rings is 1. The number of benzene rings is 1. The zero-order chi connectivity index (χ0) is 14.5. The minimum absolute atomic E-state index is 0.0125. The molecule has 1 amide bonds. The molecule has 1 heterocycles. The molecule has 106 valence electrons. The van der Waals surface area contributed by atoms with Crippen LogP contribution in [0.5, 0.6) is 0 Å². The normalized spacial score (nSPS) is 23.1. The molecule has 2 unspecified atom stereocenters. The van der Waals surface area contributed by atoms with E-state index >= 15 is 0 Å². The molecular formula is C16H21N3O. The zero-order valence-corrected chi connectivity index (χ0v) is 12.1. The van der Waals surface area contributed by atoms with Gasteiger partial charge in [0.15, 0.2) is 0 Å². The molecule has 2 rings (SSSR count). The van der Waals surface area contributed by atoms with Crippen LogP contribution >= 0.6 is 0 Å². The van der Waals surface area contributed by atoms with E-state index in [1.165, 1.54) is 0 Å². The van der Waals surface area contributed by atoms with Crippen LogP contribution in [0.4, 0.5) is 5.69 Å². The number of hydrogen-bond donors (Lipinski definition) is 1. The molecule has 1 aliphatic rings. The summed E-state index contributed by atoms with van der Waals surface area (Å²) in [6.07, 6.45) is 2.30. The van der Waals surface area contributed by atoms with Crippen molar-refractivity contribution in [3.05, 3.63) is 29.8 Å². The van der Waals surface area contributed by atoms with Gasteiger partial charge in [0.1, 0.15) is 0 Å². The molecular weight excluding hydrogens is 250 g/mol. The van der Waals surface area contributed by atoms with Crippen LogP contribution in [0.15, 0.2) is 24.3 Å². The predicted octanol–water partition coefficient (Wildman–Crippen LogP) is 2.62. The molecule has 0 spiro atoms. The number of rotatable bonds is 3. The van der Waals surface area contributed by atoms with Crippen LogP contribution in [0.1, 0.15) is 32.3 Å². The monoisotopic (exact) mass is 271 g/mol. The zero-order valence-electron chi connectivity index (χ0n) is 12.1. The topological polar surface area (TPSA) is 56.1 Å². The summed E-state index contributed by atoms with van der Waals surface area (Å²) in [5, 5.41) is 11.7. The quantitative estimate of drug-likeness (QED) is 0.919. The van der Waals surface area contributed by atoms with Gasteiger partial charge in [-0.15, -0.1) is 0 Å². The molecule has 1 aromatic rings. The number of carbonyl (C=O) groups excluding carboxylic acids is 1. The second kappa shape index (κ2) is 6.53. The van der Waals surface area contributed by atoms with Gasteiger partial charge in [-0.05, 0) is 50.4 Å². The fraction of sp³-hybridized carbons (Fsp3) is 0.500. The van der Waals surface area contributed by atoms with Crippen molar-refractivity contribution in [3.8, 4) is 6.07 Å². The third kappa shape index (κ3) is 3.82. The van der Waals surface area contributed by atoms with Gasteiger partial charge >= 0.3 is 0 Å². The summed E-state index contributed by atoms with van der Waals surface area (Å²) >= 11 is 0. The van der Waals surface area contributed by atoms with E-state index in [1.807, 2.05) is 0 Å². The summed E-state index contributed by atoms with van der Waals surface area (Å²) in [6.45, 7) is 5.85. The van der Waals surface area contributed by atoms with Crippen molar-refractivity contribution in [2.75, 3.05) is 18.4 Å². The Labute approximate surface area is 120 Å². The fourth-order valence-electron chi connectivity index (χ4n) is 2.74. The van der Waals surface area contributed by atoms with Crippen molar-refractivity contribution in [2.24, 2.45) is 5.92 Å². The average Bonchev–Trinajstić information content (AvgIpc) is 2.42. The Morgan fingerprint density at radius 2 is 2.30 bits per heavy atom. The molecule has 0 bridgehead atoms. The lowest BCUT2D eigenvalue weighted by atomic mass is 9.93. The molecule has 0 aliphatic carbocycles. The van der Waals surface area contributed by atoms with Gasteiger partial charge in [0, 0.05) is 11.7 Å². The highest BCUT2D eigenvalue weighted by Gasteiger charge is 2.24. The molecule has 1 aliphatic heterocycles. The summed E-state index contributed by atoms with van der Waals surface area (Å²) in [6, 6.07) is 9.53. The van der Waals surface area contributed by atoms with Crippen molar-refractivity contribution in [1.29, 1.82) is 5.26 Å². The Balaban J connectivity index is 1.90. The highest BCUT2D eigenvalue weighted by atomic mass is 16.2. The van der Waals surface area contributed by atoms with Crippen LogP contribution in [-0.2, 0) is 4.79 Å². The molecule has 0 aromatic heterocycles. The third-order valence-corrected chi connectivity index (χ3v) is 3.90. The lowest BCUT2D eigenvalue weighted by molar-refractivity contribution is -0.118. The molecule has 1 N–H and O–H groups in total. The molecule has 1 aromatic carbocycles. The summed E-state index contributed by atoms with van der Waals surface area (Å²) in [5.74, 6) is 0.734. The molecule has 1 saturated heterocycles. The Kier molecular flexibility index (Phi) is 4.75. The van der Waals surface area contributed by atoms with E-state index in [9.17, 15) is 4.79 Å². The number of likely N-dealkylation sites (tertiary alicyclic amines) is 1. The van der Waals surface area contributed by atoms with Gasteiger partial charge in [0.25, 0.3) is 0 Å². The van der Waals surface area contributed by atoms with E-state index in [-0.39, 0.29) is 5.91 Å². The summed E-state index contributed by atoms with van der Waals surface area (Å²) in [5.41, 5.74) is 1.25. The Bertz CT molecular complexity index is 521. The lowest BCUT2D eigenvalue weighted by Crippen LogP contribution is -2.44. The van der Waals surface area contributed by atoms with E-state index in [1.54, 1.807) is 24.3 Å². The summed E-state index contributed by atoms with van der Waals surface area (Å²) in [7, 11) is 0. The second-order valence-corrected chi connectivity index (χ2v) is 5.69. The van der Waals surface area contributed by atoms with Gasteiger partial charge in [-0.3, -0.25) is 9.69 Å². The second-order valence-electron chi connectivity index (χ2n) is 5.69. The van der Waals surface area contributed by atoms with Gasteiger partial charge in [-0.2, -0.15) is 5.26 Å². The average molecular weight is 271 g/mol. The number of amides is 1. The largest absolute Gasteiger partial charge is 0.325 e. The predicted molar refractivity (Wildman–Crippen MR) is 79.2 cm³/mol. The minimum atomic E-state index is -0.0125. The maximum atomic E-state index is 12.1. The first-order valence-electron chi connectivity index (χ1n) is 7.12. The SMILES string of the molecule is CC1CCN(CC(=O)Nc2cccc(C#N)c2)C(C)C1. The van der Waals surface area contributed by atoms with Crippen LogP contribution in [0, 0.1) is 17.2 Å². The Morgan fingerprint density at radius 1 is 1.50 bits per heavy atom. The van der Waals surface area contributed by atoms with Crippen LogP contribution in [-0.4, -0.2) is 29.9 Å². The summed E-state index contributed by atoms with van der Waals surface area (Å²) < 4.78 is 0. The highest BCUT2D eigenvalue weighted by molar-refractivity contribution is 5.92. The van der Waals surface area contributed by atoms with Crippen molar-refractivity contribution in [1.82, 2.24) is 4.90 Å². The number of hydrogen-bond acceptors (Lipinski definition) is 3. The van der Waals surface area contributed by atoms with E-state index in [2.05, 4.69) is 30.1 Å². The van der Waals surface area contributed by atoms with Gasteiger partial charge in [0.05, 0.1) is 18.2 Å². The number of nitriles is 1. The number of nitrogens with zero attached hydrogens (tertiary/aromatic N) is 2. The smallest absolute Gasteiger partial charge is 0.238 e. The van der Waals surface area contributed by atoms with Gasteiger partial charge in [-0.25, -0.2) is 0 Å². The number of nitrogens with one attached hydrogen (secondary N) is 1. The van der Waals surface area contributed by atoms with Gasteiger partial charge in [-0.1, -0.05) is 13.0 Å². The van der Waals surface area contributed by atoms with Crippen LogP contribution < -0.4 is 5.32 Å². The Hall–Kier alpha value is -1.86. The first-order chi connectivity index (χ1) is 9.58. The van der Waals surface area contributed by atoms with Crippen molar-refractivity contribution < 1.29 is 4.79 Å². The van der Waals surface area contributed by atoms with Crippen molar-refractivity contribution in [3.63, 3.8) is 0 Å². The molecule has 0 radical (unpaired) electrons. The maximum absolute atomic E-state index is 12.1. The highest BCUT2D eigenvalue weighted by Crippen LogP contribution is 2.21. The lowest BCUT2D eigenvalue weighted by Gasteiger charge is -2.35. The van der Waals surface area contributed by atoms with E-state index in [0.29, 0.717) is 23.8 Å². The maximum Gasteiger partial charge on any atom is 0.238 e. The van der Waals surface area contributed by atoms with E-state index < -0.39 is 0 Å². The molecule has 4 heteroatoms. The number of anilines is 1. The molecule has 20 heavy (non-hydrogen) atoms. The van der Waals surface area contributed by atoms with Crippen LogP contribution in [0.3, 0.4) is 0 Å². The Morgan fingerprint density at radius 3 is 3.00 bits per heavy atom. The minimum Gasteiger partial charge on any atom is -0.325 e. The van der Waals surface area contributed by atoms with Crippen molar-refractivity contribution in [2.45, 2.75) is 32.7 Å². The summed E-state index contributed by atoms with van der Waals surface area (Å²) in [4.78, 5) is 14.3. The molecule has 4 nitrogen and oxygen atoms in total.